The maximum Gasteiger partial charge on any atom is 0.255 e. The molecule has 1 amide bonds. The van der Waals surface area contributed by atoms with E-state index in [2.05, 4.69) is 0 Å². The summed E-state index contributed by atoms with van der Waals surface area (Å²) in [5.74, 6) is -0.139. The Kier molecular flexibility index (Phi) is 2.90. The highest BCUT2D eigenvalue weighted by Crippen LogP contribution is 2.28. The molecule has 0 aromatic heterocycles. The van der Waals surface area contributed by atoms with Gasteiger partial charge in [-0.1, -0.05) is 0 Å². The van der Waals surface area contributed by atoms with Crippen molar-refractivity contribution in [2.24, 2.45) is 11.1 Å². The largest absolute Gasteiger partial charge is 0.379 e. The second-order valence-electron chi connectivity index (χ2n) is 3.52. The molecule has 1 aliphatic heterocycles. The number of carbonyl (C=O) groups excluding carboxylic acids is 1. The average molecular weight is 188 g/mol. The minimum Gasteiger partial charge on any atom is -0.379 e. The zero-order valence-corrected chi connectivity index (χ0v) is 8.24. The van der Waals surface area contributed by atoms with Gasteiger partial charge < -0.3 is 10.5 Å². The monoisotopic (exact) mass is 188 g/mol. The van der Waals surface area contributed by atoms with Gasteiger partial charge >= 0.3 is 0 Å². The van der Waals surface area contributed by atoms with E-state index < -0.39 is 5.41 Å². The van der Waals surface area contributed by atoms with Crippen molar-refractivity contribution in [2.75, 3.05) is 27.4 Å². The molecule has 0 radical (unpaired) electrons. The van der Waals surface area contributed by atoms with Crippen molar-refractivity contribution in [1.82, 2.24) is 5.06 Å². The SMILES string of the molecule is CON(C)C(=O)C1(C)COCC1N. The summed E-state index contributed by atoms with van der Waals surface area (Å²) in [5, 5.41) is 1.19. The van der Waals surface area contributed by atoms with Gasteiger partial charge in [0.2, 0.25) is 0 Å². The Balaban J connectivity index is 2.74. The number of rotatable bonds is 2. The number of carbonyl (C=O) groups is 1. The first-order valence-corrected chi connectivity index (χ1v) is 4.18. The van der Waals surface area contributed by atoms with Crippen LogP contribution in [0.15, 0.2) is 0 Å². The highest BCUT2D eigenvalue weighted by atomic mass is 16.7. The topological polar surface area (TPSA) is 64.8 Å². The molecule has 13 heavy (non-hydrogen) atoms. The molecule has 76 valence electrons. The summed E-state index contributed by atoms with van der Waals surface area (Å²) in [6, 6.07) is -0.252. The maximum absolute atomic E-state index is 11.7. The summed E-state index contributed by atoms with van der Waals surface area (Å²) in [6.07, 6.45) is 0. The molecular weight excluding hydrogens is 172 g/mol. The van der Waals surface area contributed by atoms with Crippen LogP contribution in [0.4, 0.5) is 0 Å². The molecule has 1 rings (SSSR count). The summed E-state index contributed by atoms with van der Waals surface area (Å²) in [5.41, 5.74) is 5.13. The van der Waals surface area contributed by atoms with Crippen molar-refractivity contribution in [3.05, 3.63) is 0 Å². The van der Waals surface area contributed by atoms with Crippen LogP contribution in [-0.2, 0) is 14.4 Å². The molecule has 5 heteroatoms. The third-order valence-electron chi connectivity index (χ3n) is 2.57. The van der Waals surface area contributed by atoms with E-state index in [-0.39, 0.29) is 11.9 Å². The molecule has 1 saturated heterocycles. The predicted molar refractivity (Wildman–Crippen MR) is 46.7 cm³/mol. The zero-order valence-electron chi connectivity index (χ0n) is 8.24. The first-order chi connectivity index (χ1) is 6.02. The van der Waals surface area contributed by atoms with E-state index in [4.69, 9.17) is 15.3 Å². The first kappa shape index (κ1) is 10.4. The third kappa shape index (κ3) is 1.67. The molecule has 0 saturated carbocycles. The molecule has 2 N–H and O–H groups in total. The fraction of sp³-hybridized carbons (Fsp3) is 0.875. The van der Waals surface area contributed by atoms with Gasteiger partial charge in [0.1, 0.15) is 0 Å². The van der Waals surface area contributed by atoms with Crippen molar-refractivity contribution in [3.8, 4) is 0 Å². The van der Waals surface area contributed by atoms with E-state index in [0.29, 0.717) is 13.2 Å². The lowest BCUT2D eigenvalue weighted by atomic mass is 9.85. The lowest BCUT2D eigenvalue weighted by molar-refractivity contribution is -0.179. The van der Waals surface area contributed by atoms with Crippen molar-refractivity contribution in [1.29, 1.82) is 0 Å². The third-order valence-corrected chi connectivity index (χ3v) is 2.57. The summed E-state index contributed by atoms with van der Waals surface area (Å²) in [4.78, 5) is 16.6. The van der Waals surface area contributed by atoms with Crippen LogP contribution in [0, 0.1) is 5.41 Å². The molecule has 0 bridgehead atoms. The van der Waals surface area contributed by atoms with Gasteiger partial charge in [-0.25, -0.2) is 5.06 Å². The number of ether oxygens (including phenoxy) is 1. The first-order valence-electron chi connectivity index (χ1n) is 4.18. The second-order valence-corrected chi connectivity index (χ2v) is 3.52. The fourth-order valence-corrected chi connectivity index (χ4v) is 1.35. The van der Waals surface area contributed by atoms with E-state index in [0.717, 1.165) is 0 Å². The van der Waals surface area contributed by atoms with Crippen LogP contribution in [0.1, 0.15) is 6.92 Å². The van der Waals surface area contributed by atoms with Crippen LogP contribution in [-0.4, -0.2) is 44.4 Å². The lowest BCUT2D eigenvalue weighted by Crippen LogP contribution is -2.50. The molecule has 1 fully saturated rings. The Morgan fingerprint density at radius 3 is 2.77 bits per heavy atom. The Bertz CT molecular complexity index is 210. The molecule has 1 aliphatic rings. The molecule has 0 aromatic carbocycles. The van der Waals surface area contributed by atoms with Crippen LogP contribution in [0.3, 0.4) is 0 Å². The predicted octanol–water partition coefficient (Wildman–Crippen LogP) is -0.630. The average Bonchev–Trinajstić information content (AvgIpc) is 2.46. The molecule has 0 spiro atoms. The van der Waals surface area contributed by atoms with Crippen molar-refractivity contribution in [3.63, 3.8) is 0 Å². The number of nitrogens with zero attached hydrogens (tertiary/aromatic N) is 1. The molecule has 5 nitrogen and oxygen atoms in total. The van der Waals surface area contributed by atoms with Crippen LogP contribution in [0.5, 0.6) is 0 Å². The maximum atomic E-state index is 11.7. The second kappa shape index (κ2) is 3.61. The minimum atomic E-state index is -0.648. The minimum absolute atomic E-state index is 0.139. The van der Waals surface area contributed by atoms with E-state index >= 15 is 0 Å². The molecule has 2 unspecified atom stereocenters. The van der Waals surface area contributed by atoms with Gasteiger partial charge in [-0.2, -0.15) is 0 Å². The van der Waals surface area contributed by atoms with Crippen molar-refractivity contribution >= 4 is 5.91 Å². The Morgan fingerprint density at radius 1 is 1.77 bits per heavy atom. The smallest absolute Gasteiger partial charge is 0.255 e. The van der Waals surface area contributed by atoms with Crippen molar-refractivity contribution < 1.29 is 14.4 Å². The van der Waals surface area contributed by atoms with E-state index in [1.165, 1.54) is 12.2 Å². The van der Waals surface area contributed by atoms with Crippen LogP contribution in [0.2, 0.25) is 0 Å². The normalized spacial score (nSPS) is 33.4. The van der Waals surface area contributed by atoms with Gasteiger partial charge in [-0.3, -0.25) is 9.63 Å². The molecule has 0 aromatic rings. The van der Waals surface area contributed by atoms with E-state index in [1.54, 1.807) is 14.0 Å². The summed E-state index contributed by atoms with van der Waals surface area (Å²) in [6.45, 7) is 2.59. The van der Waals surface area contributed by atoms with Gasteiger partial charge in [-0.15, -0.1) is 0 Å². The molecular formula is C8H16N2O3. The highest BCUT2D eigenvalue weighted by Gasteiger charge is 2.46. The van der Waals surface area contributed by atoms with E-state index in [1.807, 2.05) is 0 Å². The van der Waals surface area contributed by atoms with Gasteiger partial charge in [0.05, 0.1) is 25.7 Å². The number of hydrogen-bond acceptors (Lipinski definition) is 4. The van der Waals surface area contributed by atoms with Gasteiger partial charge in [-0.05, 0) is 6.92 Å². The quantitative estimate of drug-likeness (QED) is 0.586. The molecule has 1 heterocycles. The summed E-state index contributed by atoms with van der Waals surface area (Å²) in [7, 11) is 3.02. The molecule has 2 atom stereocenters. The van der Waals surface area contributed by atoms with Crippen LogP contribution < -0.4 is 5.73 Å². The van der Waals surface area contributed by atoms with Gasteiger partial charge in [0.25, 0.3) is 5.91 Å². The highest BCUT2D eigenvalue weighted by molar-refractivity contribution is 5.82. The zero-order chi connectivity index (χ0) is 10.1. The lowest BCUT2D eigenvalue weighted by Gasteiger charge is -2.29. The summed E-state index contributed by atoms with van der Waals surface area (Å²) < 4.78 is 5.16. The molecule has 0 aliphatic carbocycles. The Labute approximate surface area is 77.7 Å². The van der Waals surface area contributed by atoms with Crippen LogP contribution >= 0.6 is 0 Å². The standard InChI is InChI=1S/C8H16N2O3/c1-8(5-13-4-6(8)9)7(11)10(2)12-3/h6H,4-5,9H2,1-3H3. The Hall–Kier alpha value is -0.650. The van der Waals surface area contributed by atoms with Gasteiger partial charge in [0, 0.05) is 13.1 Å². The Morgan fingerprint density at radius 2 is 2.38 bits per heavy atom. The fourth-order valence-electron chi connectivity index (χ4n) is 1.35. The number of amides is 1. The van der Waals surface area contributed by atoms with E-state index in [9.17, 15) is 4.79 Å². The number of hydroxylamine groups is 2. The van der Waals surface area contributed by atoms with Gasteiger partial charge in [0.15, 0.2) is 0 Å². The number of nitrogens with two attached hydrogens (primary N) is 1. The van der Waals surface area contributed by atoms with Crippen molar-refractivity contribution in [2.45, 2.75) is 13.0 Å². The summed E-state index contributed by atoms with van der Waals surface area (Å²) >= 11 is 0. The number of hydrogen-bond donors (Lipinski definition) is 1. The van der Waals surface area contributed by atoms with Crippen LogP contribution in [0.25, 0.3) is 0 Å².